The number of benzene rings is 1. The lowest BCUT2D eigenvalue weighted by Crippen LogP contribution is -2.08. The molecule has 0 spiro atoms. The number of rotatable bonds is 4. The van der Waals surface area contributed by atoms with Gasteiger partial charge in [0.25, 0.3) is 5.69 Å². The van der Waals surface area contributed by atoms with E-state index < -0.39 is 20.9 Å². The molecule has 1 N–H and O–H groups in total. The molecule has 0 saturated heterocycles. The van der Waals surface area contributed by atoms with Gasteiger partial charge >= 0.3 is 0 Å². The molecule has 1 atom stereocenters. The molecule has 0 radical (unpaired) electrons. The van der Waals surface area contributed by atoms with Crippen molar-refractivity contribution < 1.29 is 18.4 Å². The predicted octanol–water partition coefficient (Wildman–Crippen LogP) is 0.922. The van der Waals surface area contributed by atoms with Gasteiger partial charge in [-0.1, -0.05) is 6.07 Å². The Kier molecular flexibility index (Phi) is 3.84. The summed E-state index contributed by atoms with van der Waals surface area (Å²) < 4.78 is 22.5. The van der Waals surface area contributed by atoms with E-state index in [2.05, 4.69) is 0 Å². The van der Waals surface area contributed by atoms with Crippen LogP contribution in [0.1, 0.15) is 12.5 Å². The highest BCUT2D eigenvalue weighted by Crippen LogP contribution is 2.24. The molecule has 1 aromatic carbocycles. The maximum atomic E-state index is 11.3. The number of nitro groups is 1. The Morgan fingerprint density at radius 2 is 2.06 bits per heavy atom. The third-order valence-electron chi connectivity index (χ3n) is 2.20. The molecule has 1 aromatic rings. The highest BCUT2D eigenvalue weighted by atomic mass is 32.2. The number of hydrogen-bond donors (Lipinski definition) is 1. The van der Waals surface area contributed by atoms with Crippen molar-refractivity contribution in [2.45, 2.75) is 24.3 Å². The van der Waals surface area contributed by atoms with Crippen LogP contribution in [-0.2, 0) is 16.3 Å². The van der Waals surface area contributed by atoms with Crippen molar-refractivity contribution in [2.24, 2.45) is 0 Å². The monoisotopic (exact) mass is 259 g/mol. The Labute approximate surface area is 99.0 Å². The summed E-state index contributed by atoms with van der Waals surface area (Å²) >= 11 is 0. The molecular weight excluding hydrogens is 246 g/mol. The van der Waals surface area contributed by atoms with Gasteiger partial charge in [0.05, 0.1) is 15.9 Å². The zero-order chi connectivity index (χ0) is 13.2. The Hall–Kier alpha value is -1.47. The van der Waals surface area contributed by atoms with E-state index in [1.165, 1.54) is 19.1 Å². The number of aliphatic hydroxyl groups excluding tert-OH is 1. The van der Waals surface area contributed by atoms with Gasteiger partial charge < -0.3 is 5.11 Å². The topological polar surface area (TPSA) is 97.5 Å². The summed E-state index contributed by atoms with van der Waals surface area (Å²) in [5, 5.41) is 20.0. The van der Waals surface area contributed by atoms with Gasteiger partial charge in [-0.2, -0.15) is 0 Å². The van der Waals surface area contributed by atoms with Gasteiger partial charge in [0, 0.05) is 24.3 Å². The van der Waals surface area contributed by atoms with Crippen LogP contribution in [0.3, 0.4) is 0 Å². The van der Waals surface area contributed by atoms with Crippen LogP contribution in [0.2, 0.25) is 0 Å². The molecule has 17 heavy (non-hydrogen) atoms. The fourth-order valence-electron chi connectivity index (χ4n) is 1.44. The van der Waals surface area contributed by atoms with E-state index in [-0.39, 0.29) is 17.0 Å². The van der Waals surface area contributed by atoms with Crippen molar-refractivity contribution in [3.8, 4) is 0 Å². The van der Waals surface area contributed by atoms with Gasteiger partial charge in [-0.3, -0.25) is 10.1 Å². The van der Waals surface area contributed by atoms with Gasteiger partial charge in [-0.05, 0) is 13.0 Å². The van der Waals surface area contributed by atoms with Crippen molar-refractivity contribution in [2.75, 3.05) is 6.26 Å². The average Bonchev–Trinajstić information content (AvgIpc) is 2.15. The van der Waals surface area contributed by atoms with Crippen molar-refractivity contribution in [3.05, 3.63) is 33.9 Å². The molecule has 0 amide bonds. The molecule has 7 heteroatoms. The quantitative estimate of drug-likeness (QED) is 0.640. The minimum absolute atomic E-state index is 0.0986. The second-order valence-corrected chi connectivity index (χ2v) is 5.89. The SMILES string of the molecule is CC(O)Cc1ccc(S(C)(=O)=O)cc1[N+](=O)[O-]. The molecule has 0 bridgehead atoms. The first-order valence-electron chi connectivity index (χ1n) is 4.87. The zero-order valence-electron chi connectivity index (χ0n) is 9.45. The van der Waals surface area contributed by atoms with Crippen LogP contribution in [0.4, 0.5) is 5.69 Å². The molecule has 1 unspecified atom stereocenters. The smallest absolute Gasteiger partial charge is 0.273 e. The normalized spacial score (nSPS) is 13.4. The summed E-state index contributed by atoms with van der Waals surface area (Å²) in [5.74, 6) is 0. The second kappa shape index (κ2) is 4.80. The molecule has 94 valence electrons. The van der Waals surface area contributed by atoms with Gasteiger partial charge in [0.1, 0.15) is 0 Å². The molecule has 1 rings (SSSR count). The van der Waals surface area contributed by atoms with Crippen LogP contribution >= 0.6 is 0 Å². The van der Waals surface area contributed by atoms with E-state index in [0.29, 0.717) is 5.56 Å². The van der Waals surface area contributed by atoms with E-state index in [4.69, 9.17) is 0 Å². The lowest BCUT2D eigenvalue weighted by Gasteiger charge is -2.06. The van der Waals surface area contributed by atoms with Crippen molar-refractivity contribution in [1.82, 2.24) is 0 Å². The first-order chi connectivity index (χ1) is 7.71. The molecule has 0 aromatic heterocycles. The van der Waals surface area contributed by atoms with Crippen LogP contribution < -0.4 is 0 Å². The Bertz CT molecular complexity index is 536. The lowest BCUT2D eigenvalue weighted by atomic mass is 10.1. The largest absolute Gasteiger partial charge is 0.393 e. The minimum atomic E-state index is -3.47. The van der Waals surface area contributed by atoms with Crippen LogP contribution in [0.15, 0.2) is 23.1 Å². The molecule has 6 nitrogen and oxygen atoms in total. The maximum absolute atomic E-state index is 11.3. The van der Waals surface area contributed by atoms with E-state index in [1.807, 2.05) is 0 Å². The molecule has 0 aliphatic heterocycles. The highest BCUT2D eigenvalue weighted by molar-refractivity contribution is 7.90. The number of sulfone groups is 1. The fraction of sp³-hybridized carbons (Fsp3) is 0.400. The van der Waals surface area contributed by atoms with Gasteiger partial charge in [0.15, 0.2) is 9.84 Å². The van der Waals surface area contributed by atoms with Crippen molar-refractivity contribution in [1.29, 1.82) is 0 Å². The molecule has 0 heterocycles. The van der Waals surface area contributed by atoms with Gasteiger partial charge in [-0.25, -0.2) is 8.42 Å². The van der Waals surface area contributed by atoms with Crippen molar-refractivity contribution in [3.63, 3.8) is 0 Å². The maximum Gasteiger partial charge on any atom is 0.273 e. The summed E-state index contributed by atoms with van der Waals surface area (Å²) in [6, 6.07) is 3.69. The van der Waals surface area contributed by atoms with E-state index in [1.54, 1.807) is 0 Å². The summed E-state index contributed by atoms with van der Waals surface area (Å²) in [7, 11) is -3.47. The van der Waals surface area contributed by atoms with Crippen LogP contribution in [0, 0.1) is 10.1 Å². The fourth-order valence-corrected chi connectivity index (χ4v) is 2.08. The Morgan fingerprint density at radius 3 is 2.47 bits per heavy atom. The predicted molar refractivity (Wildman–Crippen MR) is 61.6 cm³/mol. The average molecular weight is 259 g/mol. The first-order valence-corrected chi connectivity index (χ1v) is 6.76. The second-order valence-electron chi connectivity index (χ2n) is 3.87. The number of nitro benzene ring substituents is 1. The molecule has 0 aliphatic carbocycles. The molecular formula is C10H13NO5S. The van der Waals surface area contributed by atoms with E-state index in [9.17, 15) is 23.6 Å². The summed E-state index contributed by atoms with van der Waals surface area (Å²) in [4.78, 5) is 10.1. The lowest BCUT2D eigenvalue weighted by molar-refractivity contribution is -0.385. The third kappa shape index (κ3) is 3.50. The Balaban J connectivity index is 3.32. The molecule has 0 aliphatic rings. The summed E-state index contributed by atoms with van der Waals surface area (Å²) in [6.45, 7) is 1.51. The van der Waals surface area contributed by atoms with Crippen molar-refractivity contribution >= 4 is 15.5 Å². The summed E-state index contributed by atoms with van der Waals surface area (Å²) in [5.41, 5.74) is 0.0335. The highest BCUT2D eigenvalue weighted by Gasteiger charge is 2.19. The van der Waals surface area contributed by atoms with Gasteiger partial charge in [-0.15, -0.1) is 0 Å². The van der Waals surface area contributed by atoms with Crippen LogP contribution in [0.5, 0.6) is 0 Å². The first kappa shape index (κ1) is 13.6. The summed E-state index contributed by atoms with van der Waals surface area (Å²) in [6.07, 6.45) is 0.374. The standard InChI is InChI=1S/C10H13NO5S/c1-7(12)5-8-3-4-9(17(2,15)16)6-10(8)11(13)14/h3-4,6-7,12H,5H2,1-2H3. The van der Waals surface area contributed by atoms with Crippen LogP contribution in [-0.4, -0.2) is 30.8 Å². The molecule has 0 saturated carbocycles. The number of hydrogen-bond acceptors (Lipinski definition) is 5. The van der Waals surface area contributed by atoms with E-state index in [0.717, 1.165) is 12.3 Å². The Morgan fingerprint density at radius 1 is 1.47 bits per heavy atom. The minimum Gasteiger partial charge on any atom is -0.393 e. The number of aliphatic hydroxyl groups is 1. The zero-order valence-corrected chi connectivity index (χ0v) is 10.3. The third-order valence-corrected chi connectivity index (χ3v) is 3.31. The van der Waals surface area contributed by atoms with Crippen LogP contribution in [0.25, 0.3) is 0 Å². The number of nitrogens with zero attached hydrogens (tertiary/aromatic N) is 1. The van der Waals surface area contributed by atoms with Gasteiger partial charge in [0.2, 0.25) is 0 Å². The molecule has 0 fully saturated rings. The van der Waals surface area contributed by atoms with E-state index >= 15 is 0 Å².